The molecule has 3 atom stereocenters. The van der Waals surface area contributed by atoms with Crippen LogP contribution in [0.3, 0.4) is 0 Å². The topological polar surface area (TPSA) is 105 Å². The van der Waals surface area contributed by atoms with Gasteiger partial charge < -0.3 is 20.5 Å². The number of rotatable bonds is 9. The van der Waals surface area contributed by atoms with Gasteiger partial charge >= 0.3 is 12.1 Å². The van der Waals surface area contributed by atoms with Crippen molar-refractivity contribution in [1.82, 2.24) is 10.6 Å². The van der Waals surface area contributed by atoms with Crippen molar-refractivity contribution in [2.45, 2.75) is 62.9 Å². The number of alkyl carbamates (subject to hydrolysis) is 1. The molecular weight excluding hydrogens is 444 g/mol. The van der Waals surface area contributed by atoms with Crippen molar-refractivity contribution in [3.8, 4) is 11.1 Å². The zero-order valence-electron chi connectivity index (χ0n) is 19.7. The molecule has 2 amide bonds. The Morgan fingerprint density at radius 3 is 2.23 bits per heavy atom. The molecule has 7 nitrogen and oxygen atoms in total. The number of ether oxygens (including phenoxy) is 1. The summed E-state index contributed by atoms with van der Waals surface area (Å²) >= 11 is 0. The van der Waals surface area contributed by atoms with E-state index in [0.29, 0.717) is 0 Å². The van der Waals surface area contributed by atoms with Crippen LogP contribution < -0.4 is 10.6 Å². The van der Waals surface area contributed by atoms with Crippen molar-refractivity contribution in [2.24, 2.45) is 11.8 Å². The minimum atomic E-state index is -0.891. The highest BCUT2D eigenvalue weighted by Crippen LogP contribution is 2.44. The van der Waals surface area contributed by atoms with Crippen molar-refractivity contribution in [1.29, 1.82) is 0 Å². The lowest BCUT2D eigenvalue weighted by Gasteiger charge is -2.23. The number of amides is 2. The predicted octanol–water partition coefficient (Wildman–Crippen LogP) is 4.45. The van der Waals surface area contributed by atoms with Gasteiger partial charge in [0.15, 0.2) is 0 Å². The summed E-state index contributed by atoms with van der Waals surface area (Å²) in [7, 11) is 0. The molecule has 0 heterocycles. The van der Waals surface area contributed by atoms with Crippen molar-refractivity contribution < 1.29 is 24.2 Å². The van der Waals surface area contributed by atoms with E-state index >= 15 is 0 Å². The Labute approximate surface area is 205 Å². The Bertz CT molecular complexity index is 1070. The number of carboxylic acid groups (broad SMARTS) is 1. The van der Waals surface area contributed by atoms with Gasteiger partial charge in [0.05, 0.1) is 6.42 Å². The zero-order chi connectivity index (χ0) is 24.4. The maximum atomic E-state index is 12.7. The average molecular weight is 477 g/mol. The molecule has 0 aromatic heterocycles. The summed E-state index contributed by atoms with van der Waals surface area (Å²) in [5, 5.41) is 15.0. The molecule has 2 saturated carbocycles. The second kappa shape index (κ2) is 10.1. The van der Waals surface area contributed by atoms with Gasteiger partial charge in [0.2, 0.25) is 5.91 Å². The molecule has 0 aliphatic heterocycles. The summed E-state index contributed by atoms with van der Waals surface area (Å²) in [5.41, 5.74) is 4.71. The van der Waals surface area contributed by atoms with E-state index in [0.717, 1.165) is 32.1 Å². The highest BCUT2D eigenvalue weighted by Gasteiger charge is 2.36. The summed E-state index contributed by atoms with van der Waals surface area (Å²) in [4.78, 5) is 36.5. The Kier molecular flexibility index (Phi) is 6.75. The third kappa shape index (κ3) is 5.34. The molecule has 3 aliphatic carbocycles. The molecule has 2 fully saturated rings. The molecule has 7 heteroatoms. The summed E-state index contributed by atoms with van der Waals surface area (Å²) in [6.45, 7) is 0.260. The molecule has 2 aromatic carbocycles. The highest BCUT2D eigenvalue weighted by molar-refractivity contribution is 5.79. The fourth-order valence-electron chi connectivity index (χ4n) is 5.79. The normalized spacial score (nSPS) is 21.6. The van der Waals surface area contributed by atoms with Crippen LogP contribution in [0.4, 0.5) is 4.79 Å². The number of hydrogen-bond donors (Lipinski definition) is 3. The van der Waals surface area contributed by atoms with Crippen LogP contribution >= 0.6 is 0 Å². The Hall–Kier alpha value is -3.35. The van der Waals surface area contributed by atoms with Crippen LogP contribution in [0.15, 0.2) is 48.5 Å². The number of fused-ring (bicyclic) bond motifs is 3. The molecule has 3 unspecified atom stereocenters. The number of carbonyl (C=O) groups is 3. The highest BCUT2D eigenvalue weighted by atomic mass is 16.5. The fraction of sp³-hybridized carbons (Fsp3) is 0.464. The van der Waals surface area contributed by atoms with E-state index in [9.17, 15) is 14.4 Å². The number of hydrogen-bond acceptors (Lipinski definition) is 4. The largest absolute Gasteiger partial charge is 0.481 e. The van der Waals surface area contributed by atoms with Crippen LogP contribution in [-0.4, -0.2) is 41.8 Å². The lowest BCUT2D eigenvalue weighted by molar-refractivity contribution is -0.138. The van der Waals surface area contributed by atoms with Crippen LogP contribution in [-0.2, 0) is 14.3 Å². The van der Waals surface area contributed by atoms with E-state index in [2.05, 4.69) is 34.9 Å². The number of carboxylic acids is 1. The fourth-order valence-corrected chi connectivity index (χ4v) is 5.79. The zero-order valence-corrected chi connectivity index (χ0v) is 19.7. The van der Waals surface area contributed by atoms with E-state index < -0.39 is 12.1 Å². The van der Waals surface area contributed by atoms with Crippen LogP contribution in [0, 0.1) is 11.8 Å². The minimum Gasteiger partial charge on any atom is -0.481 e. The third-order valence-electron chi connectivity index (χ3n) is 7.69. The number of carbonyl (C=O) groups excluding carboxylic acids is 2. The SMILES string of the molecule is O=C(O)CC(NC(=O)CC1CCCC1NC(=O)OCC1c2ccccc2-c2ccccc21)C1CC1. The number of benzene rings is 2. The number of aliphatic carboxylic acids is 1. The van der Waals surface area contributed by atoms with E-state index in [4.69, 9.17) is 9.84 Å². The molecular formula is C28H32N2O5. The summed E-state index contributed by atoms with van der Waals surface area (Å²) in [6.07, 6.45) is 4.33. The van der Waals surface area contributed by atoms with E-state index in [1.165, 1.54) is 22.3 Å². The molecule has 3 aliphatic rings. The second-order valence-corrected chi connectivity index (χ2v) is 10.1. The first kappa shape index (κ1) is 23.4. The van der Waals surface area contributed by atoms with E-state index in [-0.39, 0.29) is 55.2 Å². The molecule has 0 saturated heterocycles. The van der Waals surface area contributed by atoms with E-state index in [1.807, 2.05) is 24.3 Å². The Balaban J connectivity index is 1.14. The van der Waals surface area contributed by atoms with Crippen molar-refractivity contribution in [2.75, 3.05) is 6.61 Å². The van der Waals surface area contributed by atoms with Gasteiger partial charge in [0.25, 0.3) is 0 Å². The van der Waals surface area contributed by atoms with Gasteiger partial charge in [-0.15, -0.1) is 0 Å². The lowest BCUT2D eigenvalue weighted by atomic mass is 9.98. The van der Waals surface area contributed by atoms with Gasteiger partial charge in [0.1, 0.15) is 6.61 Å². The molecule has 35 heavy (non-hydrogen) atoms. The molecule has 3 N–H and O–H groups in total. The molecule has 2 aromatic rings. The molecule has 5 rings (SSSR count). The third-order valence-corrected chi connectivity index (χ3v) is 7.69. The smallest absolute Gasteiger partial charge is 0.407 e. The van der Waals surface area contributed by atoms with Gasteiger partial charge in [0, 0.05) is 24.4 Å². The van der Waals surface area contributed by atoms with Crippen molar-refractivity contribution in [3.05, 3.63) is 59.7 Å². The van der Waals surface area contributed by atoms with Gasteiger partial charge in [-0.1, -0.05) is 55.0 Å². The van der Waals surface area contributed by atoms with Gasteiger partial charge in [-0.3, -0.25) is 9.59 Å². The van der Waals surface area contributed by atoms with Crippen LogP contribution in [0.1, 0.15) is 62.0 Å². The van der Waals surface area contributed by atoms with Crippen LogP contribution in [0.2, 0.25) is 0 Å². The van der Waals surface area contributed by atoms with Gasteiger partial charge in [-0.25, -0.2) is 4.79 Å². The van der Waals surface area contributed by atoms with Gasteiger partial charge in [-0.2, -0.15) is 0 Å². The number of nitrogens with one attached hydrogen (secondary N) is 2. The maximum absolute atomic E-state index is 12.7. The van der Waals surface area contributed by atoms with Gasteiger partial charge in [-0.05, 0) is 59.8 Å². The molecule has 0 spiro atoms. The Morgan fingerprint density at radius 1 is 0.943 bits per heavy atom. The predicted molar refractivity (Wildman–Crippen MR) is 131 cm³/mol. The Morgan fingerprint density at radius 2 is 1.60 bits per heavy atom. The summed E-state index contributed by atoms with van der Waals surface area (Å²) in [5.74, 6) is -0.715. The molecule has 0 bridgehead atoms. The first-order valence-corrected chi connectivity index (χ1v) is 12.6. The first-order valence-electron chi connectivity index (χ1n) is 12.6. The van der Waals surface area contributed by atoms with Crippen LogP contribution in [0.5, 0.6) is 0 Å². The first-order chi connectivity index (χ1) is 17.0. The quantitative estimate of drug-likeness (QED) is 0.496. The lowest BCUT2D eigenvalue weighted by Crippen LogP contribution is -2.42. The van der Waals surface area contributed by atoms with Crippen molar-refractivity contribution in [3.63, 3.8) is 0 Å². The van der Waals surface area contributed by atoms with Crippen LogP contribution in [0.25, 0.3) is 11.1 Å². The second-order valence-electron chi connectivity index (χ2n) is 10.1. The summed E-state index contributed by atoms with van der Waals surface area (Å²) < 4.78 is 5.69. The maximum Gasteiger partial charge on any atom is 0.407 e. The van der Waals surface area contributed by atoms with Crippen molar-refractivity contribution >= 4 is 18.0 Å². The molecule has 0 radical (unpaired) electrons. The minimum absolute atomic E-state index is 0.00638. The summed E-state index contributed by atoms with van der Waals surface area (Å²) in [6, 6.07) is 16.0. The monoisotopic (exact) mass is 476 g/mol. The molecule has 184 valence electrons. The standard InChI is InChI=1S/C28H32N2O5/c31-26(29-25(15-27(32)33)17-12-13-17)14-18-6-5-11-24(18)30-28(34)35-16-23-21-9-3-1-7-19(21)20-8-2-4-10-22(20)23/h1-4,7-10,17-18,23-25H,5-6,11-16H2,(H,29,31)(H,30,34)(H,32,33). The van der Waals surface area contributed by atoms with E-state index in [1.54, 1.807) is 0 Å². The average Bonchev–Trinajstić information content (AvgIpc) is 3.53.